The highest BCUT2D eigenvalue weighted by Gasteiger charge is 2.29. The Morgan fingerprint density at radius 3 is 2.61 bits per heavy atom. The average Bonchev–Trinajstić information content (AvgIpc) is 3.23. The fourth-order valence-corrected chi connectivity index (χ4v) is 5.30. The molecule has 192 valence electrons. The lowest BCUT2D eigenvalue weighted by Crippen LogP contribution is -2.47. The van der Waals surface area contributed by atoms with Gasteiger partial charge in [0.1, 0.15) is 17.4 Å². The molecule has 2 aliphatic rings. The molecule has 7 nitrogen and oxygen atoms in total. The molecule has 0 unspecified atom stereocenters. The third-order valence-electron chi connectivity index (χ3n) is 7.24. The fourth-order valence-electron chi connectivity index (χ4n) is 5.30. The maximum Gasteiger partial charge on any atom is 0.255 e. The number of anilines is 1. The van der Waals surface area contributed by atoms with Crippen molar-refractivity contribution in [3.63, 3.8) is 0 Å². The molecule has 9 heteroatoms. The van der Waals surface area contributed by atoms with Crippen molar-refractivity contribution in [2.75, 3.05) is 44.2 Å². The van der Waals surface area contributed by atoms with Crippen molar-refractivity contribution >= 4 is 22.8 Å². The second-order valence-electron chi connectivity index (χ2n) is 10.3. The topological polar surface area (TPSA) is 66.3 Å². The zero-order valence-corrected chi connectivity index (χ0v) is 21.1. The summed E-state index contributed by atoms with van der Waals surface area (Å²) >= 11 is 0. The van der Waals surface area contributed by atoms with Crippen LogP contribution in [0.4, 0.5) is 14.6 Å². The van der Waals surface area contributed by atoms with Gasteiger partial charge in [0.25, 0.3) is 5.91 Å². The molecule has 4 heterocycles. The Hall–Kier alpha value is -3.07. The summed E-state index contributed by atoms with van der Waals surface area (Å²) in [6.45, 7) is 9.79. The third-order valence-corrected chi connectivity index (χ3v) is 7.24. The van der Waals surface area contributed by atoms with Crippen LogP contribution in [0.3, 0.4) is 0 Å². The van der Waals surface area contributed by atoms with Crippen molar-refractivity contribution in [1.29, 1.82) is 0 Å². The van der Waals surface area contributed by atoms with E-state index in [0.717, 1.165) is 86.6 Å². The molecule has 5 rings (SSSR count). The predicted octanol–water partition coefficient (Wildman–Crippen LogP) is 3.80. The minimum Gasteiger partial charge on any atom is -0.352 e. The first kappa shape index (κ1) is 24.6. The molecule has 1 amide bonds. The number of hydrogen-bond acceptors (Lipinski definition) is 5. The number of carbonyl (C=O) groups is 1. The second kappa shape index (κ2) is 10.5. The van der Waals surface area contributed by atoms with Gasteiger partial charge in [-0.25, -0.2) is 18.7 Å². The summed E-state index contributed by atoms with van der Waals surface area (Å²) in [5.74, 6) is -0.376. The summed E-state index contributed by atoms with van der Waals surface area (Å²) in [6, 6.07) is 4.13. The molecule has 0 radical (unpaired) electrons. The van der Waals surface area contributed by atoms with Crippen molar-refractivity contribution < 1.29 is 13.6 Å². The smallest absolute Gasteiger partial charge is 0.255 e. The number of hydrogen-bond donors (Lipinski definition) is 1. The summed E-state index contributed by atoms with van der Waals surface area (Å²) in [5, 5.41) is 3.09. The Morgan fingerprint density at radius 2 is 1.86 bits per heavy atom. The van der Waals surface area contributed by atoms with Crippen LogP contribution in [0.15, 0.2) is 24.5 Å². The van der Waals surface area contributed by atoms with E-state index < -0.39 is 11.6 Å². The average molecular weight is 497 g/mol. The number of carbonyl (C=O) groups excluding carboxylic acids is 1. The molecule has 2 aliphatic heterocycles. The van der Waals surface area contributed by atoms with E-state index in [0.29, 0.717) is 24.4 Å². The lowest BCUT2D eigenvalue weighted by atomic mass is 10.1. The van der Waals surface area contributed by atoms with E-state index in [4.69, 9.17) is 0 Å². The standard InChI is InChI=1S/C27H34F2N6O/c1-18(2)16-30-27(36)23-22-5-3-4-9-35(22)25-24(23)31-17-32-26(25)34-13-11-33(12-14-34)10-8-19-6-7-20(28)21(29)15-19/h6-7,15,17-18H,3-5,8-14,16H2,1-2H3,(H,30,36). The maximum atomic E-state index is 13.5. The van der Waals surface area contributed by atoms with Crippen LogP contribution in [0, 0.1) is 17.6 Å². The number of aromatic nitrogens is 3. The maximum absolute atomic E-state index is 13.5. The molecule has 36 heavy (non-hydrogen) atoms. The van der Waals surface area contributed by atoms with Gasteiger partial charge < -0.3 is 14.8 Å². The van der Waals surface area contributed by atoms with E-state index in [9.17, 15) is 13.6 Å². The lowest BCUT2D eigenvalue weighted by molar-refractivity contribution is 0.0949. The Morgan fingerprint density at radius 1 is 1.06 bits per heavy atom. The van der Waals surface area contributed by atoms with Gasteiger partial charge in [0, 0.05) is 51.5 Å². The van der Waals surface area contributed by atoms with Crippen molar-refractivity contribution in [3.05, 3.63) is 53.0 Å². The minimum absolute atomic E-state index is 0.0453. The molecule has 1 saturated heterocycles. The van der Waals surface area contributed by atoms with Crippen LogP contribution in [0.25, 0.3) is 11.0 Å². The molecule has 0 bridgehead atoms. The Kier molecular flexibility index (Phi) is 7.18. The van der Waals surface area contributed by atoms with E-state index >= 15 is 0 Å². The van der Waals surface area contributed by atoms with Gasteiger partial charge in [0.05, 0.1) is 5.56 Å². The molecule has 1 N–H and O–H groups in total. The van der Waals surface area contributed by atoms with Crippen molar-refractivity contribution in [3.8, 4) is 0 Å². The third kappa shape index (κ3) is 4.93. The fraction of sp³-hybridized carbons (Fsp3) is 0.519. The number of halogens is 2. The highest BCUT2D eigenvalue weighted by atomic mass is 19.2. The summed E-state index contributed by atoms with van der Waals surface area (Å²) in [7, 11) is 0. The highest BCUT2D eigenvalue weighted by molar-refractivity contribution is 6.09. The van der Waals surface area contributed by atoms with E-state index in [1.807, 2.05) is 0 Å². The van der Waals surface area contributed by atoms with Gasteiger partial charge in [-0.05, 0) is 49.3 Å². The first-order chi connectivity index (χ1) is 17.4. The molecule has 3 aromatic rings. The number of fused-ring (bicyclic) bond motifs is 3. The molecule has 1 fully saturated rings. The van der Waals surface area contributed by atoms with Gasteiger partial charge >= 0.3 is 0 Å². The van der Waals surface area contributed by atoms with Crippen LogP contribution < -0.4 is 10.2 Å². The monoisotopic (exact) mass is 496 g/mol. The molecule has 0 aliphatic carbocycles. The number of amides is 1. The Balaban J connectivity index is 1.33. The summed E-state index contributed by atoms with van der Waals surface area (Å²) in [4.78, 5) is 27.1. The van der Waals surface area contributed by atoms with Gasteiger partial charge in [-0.1, -0.05) is 19.9 Å². The van der Waals surface area contributed by atoms with E-state index in [-0.39, 0.29) is 5.91 Å². The lowest BCUT2D eigenvalue weighted by Gasteiger charge is -2.35. The zero-order chi connectivity index (χ0) is 25.2. The van der Waals surface area contributed by atoms with Gasteiger partial charge in [-0.2, -0.15) is 0 Å². The molecule has 1 aromatic carbocycles. The van der Waals surface area contributed by atoms with Gasteiger partial charge in [-0.15, -0.1) is 0 Å². The van der Waals surface area contributed by atoms with Crippen LogP contribution in [0.1, 0.15) is 48.3 Å². The number of nitrogens with zero attached hydrogens (tertiary/aromatic N) is 5. The summed E-state index contributed by atoms with van der Waals surface area (Å²) in [5.41, 5.74) is 4.30. The number of nitrogens with one attached hydrogen (secondary N) is 1. The zero-order valence-electron chi connectivity index (χ0n) is 21.1. The van der Waals surface area contributed by atoms with Gasteiger partial charge in [0.15, 0.2) is 17.5 Å². The SMILES string of the molecule is CC(C)CNC(=O)c1c2n(c3c(N4CCN(CCc5ccc(F)c(F)c5)CC4)ncnc13)CCCC2. The summed E-state index contributed by atoms with van der Waals surface area (Å²) < 4.78 is 29.0. The largest absolute Gasteiger partial charge is 0.352 e. The first-order valence-electron chi connectivity index (χ1n) is 13.0. The van der Waals surface area contributed by atoms with E-state index in [1.54, 1.807) is 12.4 Å². The van der Waals surface area contributed by atoms with Crippen LogP contribution >= 0.6 is 0 Å². The first-order valence-corrected chi connectivity index (χ1v) is 13.0. The van der Waals surface area contributed by atoms with Crippen molar-refractivity contribution in [2.24, 2.45) is 5.92 Å². The number of piperazine rings is 1. The second-order valence-corrected chi connectivity index (χ2v) is 10.3. The molecule has 0 atom stereocenters. The molecule has 2 aromatic heterocycles. The van der Waals surface area contributed by atoms with Gasteiger partial charge in [-0.3, -0.25) is 9.69 Å². The van der Waals surface area contributed by atoms with Crippen LogP contribution in [-0.2, 0) is 19.4 Å². The van der Waals surface area contributed by atoms with Gasteiger partial charge in [0.2, 0.25) is 0 Å². The molecular formula is C27H34F2N6O. The molecule has 0 spiro atoms. The Labute approximate surface area is 210 Å². The van der Waals surface area contributed by atoms with Crippen LogP contribution in [0.5, 0.6) is 0 Å². The Bertz CT molecular complexity index is 1250. The number of rotatable bonds is 7. The molecule has 0 saturated carbocycles. The van der Waals surface area contributed by atoms with Crippen LogP contribution in [0.2, 0.25) is 0 Å². The van der Waals surface area contributed by atoms with E-state index in [1.165, 1.54) is 12.1 Å². The predicted molar refractivity (Wildman–Crippen MR) is 136 cm³/mol. The van der Waals surface area contributed by atoms with Crippen molar-refractivity contribution in [1.82, 2.24) is 24.8 Å². The van der Waals surface area contributed by atoms with Crippen molar-refractivity contribution in [2.45, 2.75) is 46.1 Å². The minimum atomic E-state index is -0.809. The molecular weight excluding hydrogens is 462 g/mol. The normalized spacial score (nSPS) is 16.5. The number of aryl methyl sites for hydroxylation is 1. The quantitative estimate of drug-likeness (QED) is 0.539. The summed E-state index contributed by atoms with van der Waals surface area (Å²) in [6.07, 6.45) is 5.28. The van der Waals surface area contributed by atoms with Crippen LogP contribution in [-0.4, -0.2) is 64.6 Å². The number of benzene rings is 1. The van der Waals surface area contributed by atoms with E-state index in [2.05, 4.69) is 43.5 Å². The highest BCUT2D eigenvalue weighted by Crippen LogP contribution is 2.34.